The zero-order valence-corrected chi connectivity index (χ0v) is 14.7. The van der Waals surface area contributed by atoms with Crippen molar-refractivity contribution in [1.29, 1.82) is 0 Å². The van der Waals surface area contributed by atoms with Crippen LogP contribution in [0.4, 0.5) is 0 Å². The highest BCUT2D eigenvalue weighted by molar-refractivity contribution is 7.16. The number of aromatic nitrogens is 2. The summed E-state index contributed by atoms with van der Waals surface area (Å²) in [5.41, 5.74) is -0.253. The maximum atomic E-state index is 12.5. The molecule has 0 radical (unpaired) electrons. The van der Waals surface area contributed by atoms with E-state index in [9.17, 15) is 9.59 Å². The lowest BCUT2D eigenvalue weighted by Gasteiger charge is -2.20. The maximum Gasteiger partial charge on any atom is 0.275 e. The van der Waals surface area contributed by atoms with Crippen LogP contribution in [0.5, 0.6) is 0 Å². The summed E-state index contributed by atoms with van der Waals surface area (Å²) < 4.78 is 1.91. The van der Waals surface area contributed by atoms with Crippen molar-refractivity contribution in [1.82, 2.24) is 14.7 Å². The van der Waals surface area contributed by atoms with Gasteiger partial charge in [-0.25, -0.2) is 4.68 Å². The van der Waals surface area contributed by atoms with Gasteiger partial charge in [-0.3, -0.25) is 9.59 Å². The highest BCUT2D eigenvalue weighted by Gasteiger charge is 2.15. The van der Waals surface area contributed by atoms with E-state index in [4.69, 9.17) is 11.6 Å². The number of rotatable bonds is 5. The Morgan fingerprint density at radius 1 is 1.29 bits per heavy atom. The molecule has 7 heteroatoms. The second kappa shape index (κ2) is 7.15. The average molecular weight is 362 g/mol. The van der Waals surface area contributed by atoms with E-state index in [0.29, 0.717) is 22.8 Å². The van der Waals surface area contributed by atoms with Crippen molar-refractivity contribution in [2.24, 2.45) is 0 Å². The third kappa shape index (κ3) is 3.49. The third-order valence-corrected chi connectivity index (χ3v) is 4.97. The number of carbonyl (C=O) groups is 1. The minimum absolute atomic E-state index is 0.0728. The molecule has 0 aliphatic rings. The van der Waals surface area contributed by atoms with E-state index in [0.717, 1.165) is 10.3 Å². The molecule has 0 spiro atoms. The molecule has 3 rings (SSSR count). The second-order valence-electron chi connectivity index (χ2n) is 5.31. The zero-order chi connectivity index (χ0) is 17.1. The van der Waals surface area contributed by atoms with E-state index < -0.39 is 0 Å². The summed E-state index contributed by atoms with van der Waals surface area (Å²) in [5, 5.41) is 5.45. The van der Waals surface area contributed by atoms with Crippen LogP contribution in [0.3, 0.4) is 0 Å². The van der Waals surface area contributed by atoms with Crippen molar-refractivity contribution < 1.29 is 4.79 Å². The molecule has 2 aromatic heterocycles. The van der Waals surface area contributed by atoms with Crippen LogP contribution in [0.25, 0.3) is 10.8 Å². The van der Waals surface area contributed by atoms with Crippen LogP contribution in [0.2, 0.25) is 4.34 Å². The molecule has 3 aromatic rings. The fourth-order valence-electron chi connectivity index (χ4n) is 2.47. The number of thiophene rings is 1. The predicted octanol–water partition coefficient (Wildman–Crippen LogP) is 3.16. The van der Waals surface area contributed by atoms with Crippen molar-refractivity contribution in [3.05, 3.63) is 62.2 Å². The molecule has 5 nitrogen and oxygen atoms in total. The number of nitrogens with zero attached hydrogens (tertiary/aromatic N) is 3. The molecule has 0 saturated heterocycles. The molecule has 0 unspecified atom stereocenters. The number of carbonyl (C=O) groups excluding carboxylic acids is 1. The normalized spacial score (nSPS) is 10.9. The van der Waals surface area contributed by atoms with Gasteiger partial charge in [-0.2, -0.15) is 5.10 Å². The molecule has 24 heavy (non-hydrogen) atoms. The van der Waals surface area contributed by atoms with Crippen molar-refractivity contribution in [3.63, 3.8) is 0 Å². The van der Waals surface area contributed by atoms with Crippen LogP contribution in [-0.4, -0.2) is 27.1 Å². The van der Waals surface area contributed by atoms with Crippen LogP contribution in [0, 0.1) is 0 Å². The van der Waals surface area contributed by atoms with Gasteiger partial charge in [-0.05, 0) is 25.1 Å². The quantitative estimate of drug-likeness (QED) is 0.701. The van der Waals surface area contributed by atoms with Gasteiger partial charge in [-0.15, -0.1) is 11.3 Å². The molecule has 1 amide bonds. The molecular weight excluding hydrogens is 346 g/mol. The van der Waals surface area contributed by atoms with E-state index >= 15 is 0 Å². The first-order valence-electron chi connectivity index (χ1n) is 7.55. The number of likely N-dealkylation sites (N-methyl/N-ethyl adjacent to an activating group) is 1. The number of hydrogen-bond acceptors (Lipinski definition) is 4. The molecule has 0 saturated carbocycles. The number of benzene rings is 1. The Kier molecular flexibility index (Phi) is 4.97. The summed E-state index contributed by atoms with van der Waals surface area (Å²) in [7, 11) is 0. The SMILES string of the molecule is CCN(Cc1ccc(Cl)s1)C(=O)Cn1ncc2ccccc2c1=O. The molecule has 0 bridgehead atoms. The molecular formula is C17H16ClN3O2S. The van der Waals surface area contributed by atoms with Gasteiger partial charge >= 0.3 is 0 Å². The van der Waals surface area contributed by atoms with E-state index in [1.165, 1.54) is 16.0 Å². The van der Waals surface area contributed by atoms with Crippen molar-refractivity contribution >= 4 is 39.6 Å². The molecule has 2 heterocycles. The first-order valence-corrected chi connectivity index (χ1v) is 8.74. The highest BCUT2D eigenvalue weighted by Crippen LogP contribution is 2.22. The summed E-state index contributed by atoms with van der Waals surface area (Å²) in [6.45, 7) is 2.87. The Hall–Kier alpha value is -2.18. The van der Waals surface area contributed by atoms with Crippen LogP contribution in [0.15, 0.2) is 47.4 Å². The minimum Gasteiger partial charge on any atom is -0.336 e. The highest BCUT2D eigenvalue weighted by atomic mass is 35.5. The van der Waals surface area contributed by atoms with Gasteiger partial charge in [-0.1, -0.05) is 29.8 Å². The second-order valence-corrected chi connectivity index (χ2v) is 7.11. The van der Waals surface area contributed by atoms with Gasteiger partial charge in [0.05, 0.1) is 22.5 Å². The molecule has 0 aliphatic heterocycles. The molecule has 0 fully saturated rings. The summed E-state index contributed by atoms with van der Waals surface area (Å²) in [6, 6.07) is 10.9. The number of halogens is 1. The zero-order valence-electron chi connectivity index (χ0n) is 13.1. The predicted molar refractivity (Wildman–Crippen MR) is 96.4 cm³/mol. The van der Waals surface area contributed by atoms with Crippen molar-refractivity contribution in [2.45, 2.75) is 20.0 Å². The van der Waals surface area contributed by atoms with Gasteiger partial charge in [0.25, 0.3) is 5.56 Å². The summed E-state index contributed by atoms with van der Waals surface area (Å²) >= 11 is 7.38. The summed E-state index contributed by atoms with van der Waals surface area (Å²) in [5.74, 6) is -0.146. The van der Waals surface area contributed by atoms with E-state index in [1.807, 2.05) is 31.2 Å². The molecule has 0 N–H and O–H groups in total. The van der Waals surface area contributed by atoms with Crippen LogP contribution in [0.1, 0.15) is 11.8 Å². The van der Waals surface area contributed by atoms with Gasteiger partial charge in [0, 0.05) is 16.8 Å². The van der Waals surface area contributed by atoms with Crippen molar-refractivity contribution in [2.75, 3.05) is 6.54 Å². The van der Waals surface area contributed by atoms with Gasteiger partial charge in [0.1, 0.15) is 6.54 Å². The van der Waals surface area contributed by atoms with Crippen molar-refractivity contribution in [3.8, 4) is 0 Å². The topological polar surface area (TPSA) is 55.2 Å². The van der Waals surface area contributed by atoms with E-state index in [-0.39, 0.29) is 18.0 Å². The first-order chi connectivity index (χ1) is 11.6. The van der Waals surface area contributed by atoms with Gasteiger partial charge in [0.15, 0.2) is 0 Å². The maximum absolute atomic E-state index is 12.5. The lowest BCUT2D eigenvalue weighted by molar-refractivity contribution is -0.132. The smallest absolute Gasteiger partial charge is 0.275 e. The number of amides is 1. The van der Waals surface area contributed by atoms with E-state index in [1.54, 1.807) is 23.2 Å². The van der Waals surface area contributed by atoms with Crippen LogP contribution < -0.4 is 5.56 Å². The van der Waals surface area contributed by atoms with Gasteiger partial charge < -0.3 is 4.90 Å². The van der Waals surface area contributed by atoms with Crippen LogP contribution in [-0.2, 0) is 17.9 Å². The van der Waals surface area contributed by atoms with Crippen LogP contribution >= 0.6 is 22.9 Å². The standard InChI is InChI=1S/C17H16ClN3O2S/c1-2-20(10-13-7-8-15(18)24-13)16(22)11-21-17(23)14-6-4-3-5-12(14)9-19-21/h3-9H,2,10-11H2,1H3. The first kappa shape index (κ1) is 16.7. The monoisotopic (exact) mass is 361 g/mol. The lowest BCUT2D eigenvalue weighted by Crippen LogP contribution is -2.36. The Morgan fingerprint density at radius 3 is 2.79 bits per heavy atom. The fraction of sp³-hybridized carbons (Fsp3) is 0.235. The number of fused-ring (bicyclic) bond motifs is 1. The molecule has 0 atom stereocenters. The number of hydrogen-bond donors (Lipinski definition) is 0. The average Bonchev–Trinajstić information content (AvgIpc) is 3.00. The minimum atomic E-state index is -0.253. The molecule has 124 valence electrons. The molecule has 0 aliphatic carbocycles. The third-order valence-electron chi connectivity index (χ3n) is 3.76. The Balaban J connectivity index is 1.80. The lowest BCUT2D eigenvalue weighted by atomic mass is 10.2. The fourth-order valence-corrected chi connectivity index (χ4v) is 3.57. The Morgan fingerprint density at radius 2 is 2.08 bits per heavy atom. The Labute approximate surface area is 148 Å². The summed E-state index contributed by atoms with van der Waals surface area (Å²) in [6.07, 6.45) is 1.61. The summed E-state index contributed by atoms with van der Waals surface area (Å²) in [4.78, 5) is 27.7. The van der Waals surface area contributed by atoms with Gasteiger partial charge in [0.2, 0.25) is 5.91 Å². The molecule has 1 aromatic carbocycles. The Bertz CT molecular complexity index is 935. The largest absolute Gasteiger partial charge is 0.336 e. The van der Waals surface area contributed by atoms with E-state index in [2.05, 4.69) is 5.10 Å².